The molecular formula is C14H14FNO2. The number of nitrogens with zero attached hydrogens (tertiary/aromatic N) is 1. The molecule has 1 heterocycles. The van der Waals surface area contributed by atoms with Gasteiger partial charge in [0.15, 0.2) is 0 Å². The van der Waals surface area contributed by atoms with E-state index < -0.39 is 5.82 Å². The summed E-state index contributed by atoms with van der Waals surface area (Å²) < 4.78 is 19.0. The van der Waals surface area contributed by atoms with Gasteiger partial charge in [-0.3, -0.25) is 4.98 Å². The predicted molar refractivity (Wildman–Crippen MR) is 66.7 cm³/mol. The lowest BCUT2D eigenvalue weighted by Crippen LogP contribution is -1.94. The highest BCUT2D eigenvalue weighted by Crippen LogP contribution is 2.25. The molecule has 0 bridgehead atoms. The van der Waals surface area contributed by atoms with Gasteiger partial charge in [0.25, 0.3) is 0 Å². The fourth-order valence-electron chi connectivity index (χ4n) is 1.69. The minimum atomic E-state index is -0.406. The van der Waals surface area contributed by atoms with Crippen LogP contribution in [0.5, 0.6) is 5.75 Å². The number of ether oxygens (including phenoxy) is 1. The minimum Gasteiger partial charge on any atom is -0.494 e. The van der Waals surface area contributed by atoms with Gasteiger partial charge in [-0.15, -0.1) is 0 Å². The molecule has 18 heavy (non-hydrogen) atoms. The summed E-state index contributed by atoms with van der Waals surface area (Å²) in [5.41, 5.74) is 1.60. The summed E-state index contributed by atoms with van der Waals surface area (Å²) in [7, 11) is 0. The first-order valence-electron chi connectivity index (χ1n) is 5.73. The fraction of sp³-hybridized carbons (Fsp3) is 0.214. The Balaban J connectivity index is 2.35. The monoisotopic (exact) mass is 247 g/mol. The van der Waals surface area contributed by atoms with Gasteiger partial charge in [-0.25, -0.2) is 4.39 Å². The van der Waals surface area contributed by atoms with E-state index in [-0.39, 0.29) is 6.61 Å². The first-order chi connectivity index (χ1) is 8.74. The van der Waals surface area contributed by atoms with Crippen molar-refractivity contribution in [2.45, 2.75) is 13.5 Å². The second-order valence-electron chi connectivity index (χ2n) is 3.77. The van der Waals surface area contributed by atoms with Gasteiger partial charge in [-0.05, 0) is 30.7 Å². The van der Waals surface area contributed by atoms with Crippen LogP contribution in [0, 0.1) is 5.82 Å². The van der Waals surface area contributed by atoms with E-state index in [9.17, 15) is 4.39 Å². The quantitative estimate of drug-likeness (QED) is 0.903. The minimum absolute atomic E-state index is 0.204. The highest BCUT2D eigenvalue weighted by atomic mass is 19.1. The van der Waals surface area contributed by atoms with Crippen molar-refractivity contribution in [1.29, 1.82) is 0 Å². The molecule has 0 fully saturated rings. The molecule has 0 aliphatic carbocycles. The molecule has 3 nitrogen and oxygen atoms in total. The number of hydrogen-bond acceptors (Lipinski definition) is 3. The van der Waals surface area contributed by atoms with E-state index in [0.29, 0.717) is 17.9 Å². The largest absolute Gasteiger partial charge is 0.494 e. The van der Waals surface area contributed by atoms with Gasteiger partial charge in [0.2, 0.25) is 0 Å². The number of aliphatic hydroxyl groups excluding tert-OH is 1. The van der Waals surface area contributed by atoms with Crippen LogP contribution in [-0.2, 0) is 6.61 Å². The van der Waals surface area contributed by atoms with Gasteiger partial charge in [-0.2, -0.15) is 0 Å². The van der Waals surface area contributed by atoms with Crippen molar-refractivity contribution >= 4 is 0 Å². The molecule has 0 amide bonds. The average molecular weight is 247 g/mol. The SMILES string of the molecule is CCOc1ccc(-c2cc(CO)ncc2F)cc1. The standard InChI is InChI=1S/C14H14FNO2/c1-2-18-12-5-3-10(4-6-12)13-7-11(9-17)16-8-14(13)15/h3-8,17H,2,9H2,1H3. The normalized spacial score (nSPS) is 10.4. The Morgan fingerprint density at radius 3 is 2.61 bits per heavy atom. The van der Waals surface area contributed by atoms with Gasteiger partial charge >= 0.3 is 0 Å². The number of pyridine rings is 1. The topological polar surface area (TPSA) is 42.4 Å². The Labute approximate surface area is 105 Å². The Kier molecular flexibility index (Phi) is 3.89. The first-order valence-corrected chi connectivity index (χ1v) is 5.73. The van der Waals surface area contributed by atoms with Crippen LogP contribution in [0.2, 0.25) is 0 Å². The first kappa shape index (κ1) is 12.5. The molecule has 2 aromatic rings. The van der Waals surface area contributed by atoms with Crippen LogP contribution in [0.3, 0.4) is 0 Å². The Morgan fingerprint density at radius 2 is 2.00 bits per heavy atom. The van der Waals surface area contributed by atoms with Crippen molar-refractivity contribution in [1.82, 2.24) is 4.98 Å². The smallest absolute Gasteiger partial charge is 0.149 e. The molecule has 0 radical (unpaired) electrons. The van der Waals surface area contributed by atoms with E-state index >= 15 is 0 Å². The molecule has 1 aromatic heterocycles. The van der Waals surface area contributed by atoms with Crippen LogP contribution in [0.25, 0.3) is 11.1 Å². The second kappa shape index (κ2) is 5.60. The van der Waals surface area contributed by atoms with Crippen molar-refractivity contribution in [3.05, 3.63) is 48.0 Å². The van der Waals surface area contributed by atoms with Gasteiger partial charge in [0, 0.05) is 5.56 Å². The number of aliphatic hydroxyl groups is 1. The lowest BCUT2D eigenvalue weighted by molar-refractivity contribution is 0.276. The van der Waals surface area contributed by atoms with E-state index in [1.54, 1.807) is 30.3 Å². The number of halogens is 1. The van der Waals surface area contributed by atoms with Gasteiger partial charge < -0.3 is 9.84 Å². The summed E-state index contributed by atoms with van der Waals surface area (Å²) >= 11 is 0. The highest BCUT2D eigenvalue weighted by molar-refractivity contribution is 5.64. The Morgan fingerprint density at radius 1 is 1.28 bits per heavy atom. The molecule has 0 aliphatic rings. The predicted octanol–water partition coefficient (Wildman–Crippen LogP) is 2.78. The van der Waals surface area contributed by atoms with Crippen LogP contribution in [0.4, 0.5) is 4.39 Å². The number of hydrogen-bond donors (Lipinski definition) is 1. The maximum Gasteiger partial charge on any atom is 0.149 e. The lowest BCUT2D eigenvalue weighted by atomic mass is 10.1. The van der Waals surface area contributed by atoms with E-state index in [1.807, 2.05) is 6.92 Å². The summed E-state index contributed by atoms with van der Waals surface area (Å²) in [6.07, 6.45) is 1.12. The zero-order chi connectivity index (χ0) is 13.0. The van der Waals surface area contributed by atoms with Gasteiger partial charge in [0.1, 0.15) is 11.6 Å². The van der Waals surface area contributed by atoms with Crippen LogP contribution in [0.15, 0.2) is 36.5 Å². The second-order valence-corrected chi connectivity index (χ2v) is 3.77. The van der Waals surface area contributed by atoms with Crippen molar-refractivity contribution in [3.63, 3.8) is 0 Å². The van der Waals surface area contributed by atoms with E-state index in [1.165, 1.54) is 0 Å². The maximum atomic E-state index is 13.7. The summed E-state index contributed by atoms with van der Waals surface area (Å²) in [6.45, 7) is 2.30. The molecule has 0 spiro atoms. The molecule has 2 rings (SSSR count). The van der Waals surface area contributed by atoms with Crippen molar-refractivity contribution in [2.75, 3.05) is 6.61 Å². The van der Waals surface area contributed by atoms with Crippen LogP contribution in [0.1, 0.15) is 12.6 Å². The molecule has 4 heteroatoms. The summed E-state index contributed by atoms with van der Waals surface area (Å²) in [4.78, 5) is 3.78. The van der Waals surface area contributed by atoms with Crippen molar-refractivity contribution in [2.24, 2.45) is 0 Å². The fourth-order valence-corrected chi connectivity index (χ4v) is 1.69. The molecule has 0 unspecified atom stereocenters. The molecule has 0 saturated carbocycles. The van der Waals surface area contributed by atoms with E-state index in [4.69, 9.17) is 9.84 Å². The third kappa shape index (κ3) is 2.65. The molecule has 94 valence electrons. The summed E-state index contributed by atoms with van der Waals surface area (Å²) in [5, 5.41) is 9.01. The summed E-state index contributed by atoms with van der Waals surface area (Å²) in [5.74, 6) is 0.342. The molecular weight excluding hydrogens is 233 g/mol. The zero-order valence-electron chi connectivity index (χ0n) is 10.1. The average Bonchev–Trinajstić information content (AvgIpc) is 2.41. The Hall–Kier alpha value is -1.94. The molecule has 1 aromatic carbocycles. The molecule has 0 saturated heterocycles. The van der Waals surface area contributed by atoms with Crippen molar-refractivity contribution < 1.29 is 14.2 Å². The summed E-state index contributed by atoms with van der Waals surface area (Å²) in [6, 6.07) is 8.69. The lowest BCUT2D eigenvalue weighted by Gasteiger charge is -2.07. The third-order valence-corrected chi connectivity index (χ3v) is 2.55. The molecule has 1 N–H and O–H groups in total. The third-order valence-electron chi connectivity index (χ3n) is 2.55. The number of rotatable bonds is 4. The van der Waals surface area contributed by atoms with Crippen LogP contribution < -0.4 is 4.74 Å². The number of benzene rings is 1. The van der Waals surface area contributed by atoms with Crippen molar-refractivity contribution in [3.8, 4) is 16.9 Å². The van der Waals surface area contributed by atoms with Gasteiger partial charge in [-0.1, -0.05) is 12.1 Å². The van der Waals surface area contributed by atoms with Crippen LogP contribution >= 0.6 is 0 Å². The van der Waals surface area contributed by atoms with E-state index in [0.717, 1.165) is 17.5 Å². The molecule has 0 atom stereocenters. The zero-order valence-corrected chi connectivity index (χ0v) is 10.1. The highest BCUT2D eigenvalue weighted by Gasteiger charge is 2.07. The Bertz CT molecular complexity index is 526. The van der Waals surface area contributed by atoms with Crippen LogP contribution in [-0.4, -0.2) is 16.7 Å². The maximum absolute atomic E-state index is 13.7. The number of aromatic nitrogens is 1. The van der Waals surface area contributed by atoms with E-state index in [2.05, 4.69) is 4.98 Å². The molecule has 0 aliphatic heterocycles. The van der Waals surface area contributed by atoms with Gasteiger partial charge in [0.05, 0.1) is 25.1 Å².